The molecule has 0 radical (unpaired) electrons. The smallest absolute Gasteiger partial charge is 0.335 e. The number of carboxylic acids is 2. The molecule has 1 atom stereocenters. The second-order valence-electron chi connectivity index (χ2n) is 14.2. The lowest BCUT2D eigenvalue weighted by Gasteiger charge is -2.34. The molecule has 1 heterocycles. The van der Waals surface area contributed by atoms with Crippen LogP contribution in [0.1, 0.15) is 94.1 Å². The number of benzene rings is 4. The minimum atomic E-state index is -1.56. The number of rotatable bonds is 14. The maximum Gasteiger partial charge on any atom is 0.335 e. The molecule has 1 saturated carbocycles. The predicted molar refractivity (Wildman–Crippen MR) is 214 cm³/mol. The van der Waals surface area contributed by atoms with Crippen LogP contribution in [0.15, 0.2) is 95.9 Å². The Morgan fingerprint density at radius 3 is 2.16 bits per heavy atom. The highest BCUT2D eigenvalue weighted by atomic mass is 32.2. The molecule has 6 rings (SSSR count). The van der Waals surface area contributed by atoms with E-state index in [1.165, 1.54) is 0 Å². The van der Waals surface area contributed by atoms with Crippen LogP contribution in [0.3, 0.4) is 0 Å². The van der Waals surface area contributed by atoms with E-state index in [-0.39, 0.29) is 23.4 Å². The van der Waals surface area contributed by atoms with Gasteiger partial charge in [0.1, 0.15) is 0 Å². The number of piperidine rings is 1. The summed E-state index contributed by atoms with van der Waals surface area (Å²) in [5, 5.41) is 24.6. The Morgan fingerprint density at radius 2 is 1.47 bits per heavy atom. The lowest BCUT2D eigenvalue weighted by molar-refractivity contribution is -0.143. The highest BCUT2D eigenvalue weighted by Gasteiger charge is 2.35. The van der Waals surface area contributed by atoms with Crippen molar-refractivity contribution in [1.82, 2.24) is 4.31 Å². The number of carbonyl (C=O) groups is 4. The Morgan fingerprint density at radius 1 is 0.764 bits per heavy atom. The number of carbonyl (C=O) groups excluding carboxylic acids is 2. The highest BCUT2D eigenvalue weighted by molar-refractivity contribution is 7.89. The van der Waals surface area contributed by atoms with Gasteiger partial charge in [-0.2, -0.15) is 0 Å². The van der Waals surface area contributed by atoms with Crippen molar-refractivity contribution < 1.29 is 33.9 Å². The molecule has 4 aromatic rings. The number of nitrogens with one attached hydrogen (secondary N) is 2. The van der Waals surface area contributed by atoms with Crippen molar-refractivity contribution in [2.75, 3.05) is 35.2 Å². The summed E-state index contributed by atoms with van der Waals surface area (Å²) in [6.07, 6.45) is 7.04. The number of hydrogen-bond acceptors (Lipinski definition) is 7. The summed E-state index contributed by atoms with van der Waals surface area (Å²) in [7, 11) is 0. The van der Waals surface area contributed by atoms with Gasteiger partial charge in [-0.15, -0.1) is 4.31 Å². The topological polar surface area (TPSA) is 162 Å². The van der Waals surface area contributed by atoms with Gasteiger partial charge in [-0.25, -0.2) is 4.79 Å². The lowest BCUT2D eigenvalue weighted by atomic mass is 9.86. The van der Waals surface area contributed by atoms with Crippen LogP contribution >= 0.6 is 0 Å². The third kappa shape index (κ3) is 10.1. The van der Waals surface area contributed by atoms with Gasteiger partial charge in [0.2, 0.25) is 0 Å². The minimum Gasteiger partial charge on any atom is -0.593 e. The van der Waals surface area contributed by atoms with Crippen LogP contribution in [0, 0.1) is 5.92 Å². The summed E-state index contributed by atoms with van der Waals surface area (Å²) in [4.78, 5) is 53.2. The summed E-state index contributed by atoms with van der Waals surface area (Å²) in [6.45, 7) is 4.21. The van der Waals surface area contributed by atoms with Crippen LogP contribution in [0.25, 0.3) is 0 Å². The summed E-state index contributed by atoms with van der Waals surface area (Å²) in [6, 6.07) is 26.6. The molecule has 1 saturated heterocycles. The summed E-state index contributed by atoms with van der Waals surface area (Å²) in [5.41, 5.74) is 4.72. The minimum absolute atomic E-state index is 0.0167. The van der Waals surface area contributed by atoms with E-state index in [0.29, 0.717) is 72.5 Å². The van der Waals surface area contributed by atoms with Gasteiger partial charge >= 0.3 is 11.9 Å². The monoisotopic (exact) mass is 764 g/mol. The van der Waals surface area contributed by atoms with Crippen molar-refractivity contribution in [3.63, 3.8) is 0 Å². The molecule has 12 heteroatoms. The summed E-state index contributed by atoms with van der Waals surface area (Å²) < 4.78 is 15.7. The Hall–Kier alpha value is -5.17. The molecule has 2 amide bonds. The van der Waals surface area contributed by atoms with Gasteiger partial charge in [0.25, 0.3) is 11.8 Å². The Balaban J connectivity index is 1.18. The molecule has 2 fully saturated rings. The second kappa shape index (κ2) is 18.4. The molecule has 288 valence electrons. The van der Waals surface area contributed by atoms with Gasteiger partial charge in [-0.05, 0) is 130 Å². The van der Waals surface area contributed by atoms with Crippen LogP contribution in [-0.2, 0) is 29.0 Å². The molecule has 0 bridgehead atoms. The van der Waals surface area contributed by atoms with Crippen molar-refractivity contribution in [3.05, 3.63) is 119 Å². The average molecular weight is 765 g/mol. The normalized spacial score (nSPS) is 17.7. The van der Waals surface area contributed by atoms with Gasteiger partial charge < -0.3 is 30.3 Å². The van der Waals surface area contributed by atoms with Gasteiger partial charge in [-0.3, -0.25) is 14.4 Å². The standard InChI is InChI=1S/C43H48N4O7S/c1-2-47(35-20-18-32(19-21-35)43(52)53)55(54)37-11-7-9-33(27-37)40(48)45-39-23-22-36(46-24-4-3-5-25-46)28-38(39)41(49)44-34-10-6-8-30(26-34)13-12-29-14-16-31(17-15-29)42(50)51/h6-11,14-17,22-23,26-28,32,35H,2-5,12-13,18-21,24-25H2,1H3,(H,44,49)(H,45,48)(H,50,51)(H,52,53). The van der Waals surface area contributed by atoms with E-state index in [1.54, 1.807) is 42.5 Å². The lowest BCUT2D eigenvalue weighted by Crippen LogP contribution is -2.42. The summed E-state index contributed by atoms with van der Waals surface area (Å²) >= 11 is -1.56. The highest BCUT2D eigenvalue weighted by Crippen LogP contribution is 2.32. The molecular weight excluding hydrogens is 717 g/mol. The number of amides is 2. The fourth-order valence-corrected chi connectivity index (χ4v) is 8.89. The zero-order valence-corrected chi connectivity index (χ0v) is 31.9. The van der Waals surface area contributed by atoms with Gasteiger partial charge in [0.05, 0.1) is 40.1 Å². The van der Waals surface area contributed by atoms with E-state index >= 15 is 0 Å². The molecule has 11 nitrogen and oxygen atoms in total. The second-order valence-corrected chi connectivity index (χ2v) is 15.7. The third-order valence-electron chi connectivity index (χ3n) is 10.6. The first-order chi connectivity index (χ1) is 26.6. The van der Waals surface area contributed by atoms with Crippen LogP contribution in [0.4, 0.5) is 17.1 Å². The first kappa shape index (κ1) is 39.5. The Bertz CT molecular complexity index is 1990. The molecule has 55 heavy (non-hydrogen) atoms. The predicted octanol–water partition coefficient (Wildman–Crippen LogP) is 7.65. The number of aromatic carboxylic acids is 1. The van der Waals surface area contributed by atoms with Gasteiger partial charge in [0, 0.05) is 42.6 Å². The maximum atomic E-state index is 14.0. The van der Waals surface area contributed by atoms with Crippen molar-refractivity contribution >= 4 is 52.2 Å². The van der Waals surface area contributed by atoms with Crippen LogP contribution in [0.2, 0.25) is 0 Å². The van der Waals surface area contributed by atoms with Crippen molar-refractivity contribution in [2.45, 2.75) is 75.6 Å². The van der Waals surface area contributed by atoms with Crippen LogP contribution in [-0.4, -0.2) is 68.5 Å². The number of carboxylic acid groups (broad SMARTS) is 2. The summed E-state index contributed by atoms with van der Waals surface area (Å²) in [5.74, 6) is -2.93. The SMILES string of the molecule is CCN(C1CCC(C(=O)O)CC1)[S+]([O-])c1cccc(C(=O)Nc2ccc(N3CCCCC3)cc2C(=O)Nc2cccc(CCc3ccc(C(=O)O)cc3)c2)c1. The fourth-order valence-electron chi connectivity index (χ4n) is 7.48. The molecule has 2 aliphatic rings. The molecule has 1 aliphatic heterocycles. The van der Waals surface area contributed by atoms with E-state index < -0.39 is 29.2 Å². The zero-order valence-electron chi connectivity index (χ0n) is 31.0. The van der Waals surface area contributed by atoms with Gasteiger partial charge in [0.15, 0.2) is 4.90 Å². The van der Waals surface area contributed by atoms with Crippen molar-refractivity contribution in [3.8, 4) is 0 Å². The molecule has 0 spiro atoms. The maximum absolute atomic E-state index is 14.0. The number of aryl methyl sites for hydroxylation is 2. The van der Waals surface area contributed by atoms with Gasteiger partial charge in [-0.1, -0.05) is 30.3 Å². The van der Waals surface area contributed by atoms with E-state index in [1.807, 2.05) is 59.8 Å². The van der Waals surface area contributed by atoms with E-state index in [2.05, 4.69) is 15.5 Å². The molecule has 1 aliphatic carbocycles. The van der Waals surface area contributed by atoms with E-state index in [9.17, 15) is 33.9 Å². The average Bonchev–Trinajstić information content (AvgIpc) is 3.21. The third-order valence-corrected chi connectivity index (χ3v) is 12.2. The zero-order chi connectivity index (χ0) is 38.9. The molecule has 4 N–H and O–H groups in total. The van der Waals surface area contributed by atoms with Crippen LogP contribution < -0.4 is 15.5 Å². The Kier molecular flexibility index (Phi) is 13.3. The Labute approximate surface area is 325 Å². The first-order valence-corrected chi connectivity index (χ1v) is 20.1. The number of hydrogen-bond donors (Lipinski definition) is 4. The first-order valence-electron chi connectivity index (χ1n) is 19.0. The number of anilines is 3. The molecule has 4 aromatic carbocycles. The quantitative estimate of drug-likeness (QED) is 0.0945. The molecular formula is C43H48N4O7S. The molecule has 0 aromatic heterocycles. The van der Waals surface area contributed by atoms with Crippen LogP contribution in [0.5, 0.6) is 0 Å². The fraction of sp³-hybridized carbons (Fsp3) is 0.349. The largest absolute Gasteiger partial charge is 0.593 e. The molecule has 1 unspecified atom stereocenters. The number of aliphatic carboxylic acids is 1. The van der Waals surface area contributed by atoms with E-state index in [0.717, 1.165) is 49.2 Å². The van der Waals surface area contributed by atoms with Crippen molar-refractivity contribution in [2.24, 2.45) is 5.92 Å². The number of nitrogens with zero attached hydrogens (tertiary/aromatic N) is 2. The van der Waals surface area contributed by atoms with Crippen molar-refractivity contribution in [1.29, 1.82) is 0 Å². The van der Waals surface area contributed by atoms with E-state index in [4.69, 9.17) is 0 Å².